The van der Waals surface area contributed by atoms with Crippen LogP contribution >= 0.6 is 0 Å². The van der Waals surface area contributed by atoms with Crippen LogP contribution in [0.5, 0.6) is 0 Å². The fourth-order valence-corrected chi connectivity index (χ4v) is 3.37. The lowest BCUT2D eigenvalue weighted by atomic mass is 9.56. The van der Waals surface area contributed by atoms with Gasteiger partial charge in [0.1, 0.15) is 0 Å². The van der Waals surface area contributed by atoms with E-state index in [1.54, 1.807) is 0 Å². The van der Waals surface area contributed by atoms with Crippen LogP contribution in [0.15, 0.2) is 0 Å². The van der Waals surface area contributed by atoms with Crippen LogP contribution in [0.25, 0.3) is 0 Å². The van der Waals surface area contributed by atoms with Crippen LogP contribution in [0.3, 0.4) is 0 Å². The van der Waals surface area contributed by atoms with Gasteiger partial charge in [0.05, 0.1) is 13.2 Å². The first-order valence-corrected chi connectivity index (χ1v) is 5.62. The maximum Gasteiger partial charge on any atom is 0.0547 e. The van der Waals surface area contributed by atoms with Crippen molar-refractivity contribution in [2.45, 2.75) is 46.5 Å². The normalized spacial score (nSPS) is 33.0. The van der Waals surface area contributed by atoms with E-state index >= 15 is 0 Å². The van der Waals surface area contributed by atoms with Crippen molar-refractivity contribution in [3.8, 4) is 0 Å². The Bertz CT molecular complexity index is 186. The molecule has 1 aliphatic heterocycles. The average molecular weight is 182 g/mol. The summed E-state index contributed by atoms with van der Waals surface area (Å²) >= 11 is 0. The van der Waals surface area contributed by atoms with Crippen LogP contribution in [-0.2, 0) is 4.74 Å². The minimum Gasteiger partial charge on any atom is -0.380 e. The molecule has 2 aliphatic rings. The first-order valence-electron chi connectivity index (χ1n) is 5.62. The topological polar surface area (TPSA) is 9.23 Å². The molecule has 0 N–H and O–H groups in total. The zero-order valence-electron chi connectivity index (χ0n) is 9.23. The minimum atomic E-state index is 0.476. The third-order valence-electron chi connectivity index (χ3n) is 3.98. The number of ether oxygens (including phenoxy) is 1. The van der Waals surface area contributed by atoms with Crippen LogP contribution < -0.4 is 0 Å². The molecule has 0 radical (unpaired) electrons. The zero-order valence-corrected chi connectivity index (χ0v) is 9.23. The van der Waals surface area contributed by atoms with Gasteiger partial charge in [-0.1, -0.05) is 33.6 Å². The Morgan fingerprint density at radius 2 is 1.85 bits per heavy atom. The van der Waals surface area contributed by atoms with E-state index in [0.717, 1.165) is 19.1 Å². The van der Waals surface area contributed by atoms with E-state index in [-0.39, 0.29) is 0 Å². The van der Waals surface area contributed by atoms with E-state index in [2.05, 4.69) is 20.8 Å². The second-order valence-electron chi connectivity index (χ2n) is 6.02. The van der Waals surface area contributed by atoms with Crippen molar-refractivity contribution in [2.24, 2.45) is 16.7 Å². The lowest BCUT2D eigenvalue weighted by molar-refractivity contribution is -0.184. The zero-order chi connectivity index (χ0) is 9.53. The van der Waals surface area contributed by atoms with E-state index in [1.165, 1.54) is 25.7 Å². The molecular weight excluding hydrogens is 160 g/mol. The number of rotatable bonds is 0. The molecule has 1 atom stereocenters. The third-order valence-corrected chi connectivity index (χ3v) is 3.98. The molecule has 0 amide bonds. The molecule has 0 bridgehead atoms. The second-order valence-corrected chi connectivity index (χ2v) is 6.02. The molecule has 1 unspecified atom stereocenters. The van der Waals surface area contributed by atoms with Crippen LogP contribution in [0.4, 0.5) is 0 Å². The van der Waals surface area contributed by atoms with Gasteiger partial charge in [-0.15, -0.1) is 0 Å². The molecule has 2 rings (SSSR count). The lowest BCUT2D eigenvalue weighted by Gasteiger charge is -2.54. The van der Waals surface area contributed by atoms with Gasteiger partial charge in [0.2, 0.25) is 0 Å². The molecule has 0 aromatic carbocycles. The van der Waals surface area contributed by atoms with Crippen molar-refractivity contribution < 1.29 is 4.74 Å². The van der Waals surface area contributed by atoms with E-state index in [0.29, 0.717) is 10.8 Å². The Hall–Kier alpha value is -0.0400. The Kier molecular flexibility index (Phi) is 2.18. The van der Waals surface area contributed by atoms with Gasteiger partial charge in [-0.25, -0.2) is 0 Å². The monoisotopic (exact) mass is 182 g/mol. The maximum absolute atomic E-state index is 5.44. The van der Waals surface area contributed by atoms with Crippen LogP contribution in [-0.4, -0.2) is 13.2 Å². The quantitative estimate of drug-likeness (QED) is 0.559. The maximum atomic E-state index is 5.44. The number of hydrogen-bond acceptors (Lipinski definition) is 1. The van der Waals surface area contributed by atoms with Gasteiger partial charge in [0.25, 0.3) is 0 Å². The fraction of sp³-hybridized carbons (Fsp3) is 1.00. The highest BCUT2D eigenvalue weighted by Crippen LogP contribution is 2.53. The van der Waals surface area contributed by atoms with E-state index in [4.69, 9.17) is 4.74 Å². The molecular formula is C12H22O. The first kappa shape index (κ1) is 9.51. The van der Waals surface area contributed by atoms with Crippen molar-refractivity contribution in [2.75, 3.05) is 13.2 Å². The molecule has 76 valence electrons. The predicted octanol–water partition coefficient (Wildman–Crippen LogP) is 3.24. The van der Waals surface area contributed by atoms with Gasteiger partial charge < -0.3 is 4.74 Å². The summed E-state index contributed by atoms with van der Waals surface area (Å²) in [7, 11) is 0. The Morgan fingerprint density at radius 3 is 2.23 bits per heavy atom. The highest BCUT2D eigenvalue weighted by molar-refractivity contribution is 4.98. The smallest absolute Gasteiger partial charge is 0.0547 e. The molecule has 1 spiro atoms. The minimum absolute atomic E-state index is 0.476. The number of hydrogen-bond donors (Lipinski definition) is 0. The first-order chi connectivity index (χ1) is 6.05. The fourth-order valence-electron chi connectivity index (χ4n) is 3.37. The SMILES string of the molecule is CC(C)(C)C1CCCCC12COC2. The van der Waals surface area contributed by atoms with Crippen LogP contribution in [0.1, 0.15) is 46.5 Å². The van der Waals surface area contributed by atoms with E-state index in [1.807, 2.05) is 0 Å². The van der Waals surface area contributed by atoms with Gasteiger partial charge in [-0.2, -0.15) is 0 Å². The second kappa shape index (κ2) is 2.98. The summed E-state index contributed by atoms with van der Waals surface area (Å²) < 4.78 is 5.44. The molecule has 13 heavy (non-hydrogen) atoms. The van der Waals surface area contributed by atoms with Gasteiger partial charge in [0.15, 0.2) is 0 Å². The molecule has 2 fully saturated rings. The summed E-state index contributed by atoms with van der Waals surface area (Å²) in [5.41, 5.74) is 1.06. The van der Waals surface area contributed by atoms with Crippen molar-refractivity contribution in [3.63, 3.8) is 0 Å². The highest BCUT2D eigenvalue weighted by Gasteiger charge is 2.50. The molecule has 0 aromatic rings. The van der Waals surface area contributed by atoms with Gasteiger partial charge in [0, 0.05) is 5.41 Å². The van der Waals surface area contributed by atoms with Crippen molar-refractivity contribution in [3.05, 3.63) is 0 Å². The molecule has 1 heteroatoms. The lowest BCUT2D eigenvalue weighted by Crippen LogP contribution is -2.53. The molecule has 1 saturated carbocycles. The third kappa shape index (κ3) is 1.52. The van der Waals surface area contributed by atoms with Crippen LogP contribution in [0, 0.1) is 16.7 Å². The molecule has 1 heterocycles. The Morgan fingerprint density at radius 1 is 1.15 bits per heavy atom. The summed E-state index contributed by atoms with van der Waals surface area (Å²) in [6, 6.07) is 0. The molecule has 1 nitrogen and oxygen atoms in total. The van der Waals surface area contributed by atoms with Gasteiger partial charge in [-0.3, -0.25) is 0 Å². The molecule has 1 saturated heterocycles. The van der Waals surface area contributed by atoms with Crippen molar-refractivity contribution in [1.29, 1.82) is 0 Å². The molecule has 0 aromatic heterocycles. The predicted molar refractivity (Wildman–Crippen MR) is 54.7 cm³/mol. The van der Waals surface area contributed by atoms with E-state index < -0.39 is 0 Å². The standard InChI is InChI=1S/C12H22O/c1-11(2,3)10-6-4-5-7-12(10)8-13-9-12/h10H,4-9H2,1-3H3. The summed E-state index contributed by atoms with van der Waals surface area (Å²) in [6.07, 6.45) is 5.70. The summed E-state index contributed by atoms with van der Waals surface area (Å²) in [5, 5.41) is 0. The van der Waals surface area contributed by atoms with Crippen molar-refractivity contribution >= 4 is 0 Å². The highest BCUT2D eigenvalue weighted by atomic mass is 16.5. The average Bonchev–Trinajstić information content (AvgIpc) is 2.00. The summed E-state index contributed by atoms with van der Waals surface area (Å²) in [5.74, 6) is 0.891. The van der Waals surface area contributed by atoms with Gasteiger partial charge >= 0.3 is 0 Å². The van der Waals surface area contributed by atoms with E-state index in [9.17, 15) is 0 Å². The van der Waals surface area contributed by atoms with Crippen molar-refractivity contribution in [1.82, 2.24) is 0 Å². The van der Waals surface area contributed by atoms with Crippen LogP contribution in [0.2, 0.25) is 0 Å². The Balaban J connectivity index is 2.14. The molecule has 1 aliphatic carbocycles. The Labute approximate surface area is 81.9 Å². The summed E-state index contributed by atoms with van der Waals surface area (Å²) in [6.45, 7) is 9.25. The summed E-state index contributed by atoms with van der Waals surface area (Å²) in [4.78, 5) is 0. The van der Waals surface area contributed by atoms with Gasteiger partial charge in [-0.05, 0) is 24.2 Å². The largest absolute Gasteiger partial charge is 0.380 e.